The molecule has 0 radical (unpaired) electrons. The number of ether oxygens (including phenoxy) is 2. The van der Waals surface area contributed by atoms with Crippen molar-refractivity contribution in [1.29, 1.82) is 0 Å². The van der Waals surface area contributed by atoms with E-state index in [0.29, 0.717) is 51.7 Å². The van der Waals surface area contributed by atoms with Gasteiger partial charge in [0.15, 0.2) is 0 Å². The van der Waals surface area contributed by atoms with Gasteiger partial charge in [-0.1, -0.05) is 61.4 Å². The Balaban J connectivity index is 1.32. The molecule has 4 rings (SSSR count). The van der Waals surface area contributed by atoms with Crippen molar-refractivity contribution in [2.75, 3.05) is 33.3 Å². The highest BCUT2D eigenvalue weighted by atomic mass is 16.6. The molecule has 4 N–H and O–H groups in total. The van der Waals surface area contributed by atoms with E-state index in [1.165, 1.54) is 0 Å². The lowest BCUT2D eigenvalue weighted by Gasteiger charge is -2.34. The molecule has 1 atom stereocenters. The van der Waals surface area contributed by atoms with Gasteiger partial charge in [0, 0.05) is 38.6 Å². The zero-order valence-electron chi connectivity index (χ0n) is 26.8. The van der Waals surface area contributed by atoms with E-state index >= 15 is 0 Å². The van der Waals surface area contributed by atoms with Gasteiger partial charge >= 0.3 is 18.2 Å². The van der Waals surface area contributed by atoms with Gasteiger partial charge in [-0.15, -0.1) is 0 Å². The number of urea groups is 1. The zero-order valence-corrected chi connectivity index (χ0v) is 26.8. The van der Waals surface area contributed by atoms with Crippen LogP contribution in [-0.2, 0) is 14.3 Å². The number of hydrogen-bond acceptors (Lipinski definition) is 6. The lowest BCUT2D eigenvalue weighted by Crippen LogP contribution is -2.53. The lowest BCUT2D eigenvalue weighted by atomic mass is 9.98. The first kappa shape index (κ1) is 33.6. The maximum Gasteiger partial charge on any atom is 0.407 e. The molecule has 1 fully saturated rings. The molecule has 1 saturated heterocycles. The maximum atomic E-state index is 13.6. The second-order valence-electron chi connectivity index (χ2n) is 12.6. The summed E-state index contributed by atoms with van der Waals surface area (Å²) in [4.78, 5) is 52.1. The highest BCUT2D eigenvalue weighted by Crippen LogP contribution is 2.44. The van der Waals surface area contributed by atoms with E-state index in [0.717, 1.165) is 28.7 Å². The Bertz CT molecular complexity index is 1290. The molecule has 0 spiro atoms. The Morgan fingerprint density at radius 2 is 1.51 bits per heavy atom. The Kier molecular flexibility index (Phi) is 11.7. The molecule has 1 aliphatic heterocycles. The number of nitrogens with one attached hydrogen (secondary N) is 4. The monoisotopic (exact) mass is 621 g/mol. The van der Waals surface area contributed by atoms with Gasteiger partial charge < -0.3 is 35.6 Å². The van der Waals surface area contributed by atoms with Crippen molar-refractivity contribution >= 4 is 24.1 Å². The average molecular weight is 622 g/mol. The summed E-state index contributed by atoms with van der Waals surface area (Å²) in [5, 5.41) is 11.1. The SMILES string of the molecule is CNC(=O)NC1CCN(C(=O)[C@@H](CCCCCNC(=O)OC(C)(C)C)NC(=O)OCC2c3ccccc3-c3ccccc32)CC1. The Morgan fingerprint density at radius 1 is 0.889 bits per heavy atom. The van der Waals surface area contributed by atoms with E-state index < -0.39 is 23.8 Å². The third-order valence-electron chi connectivity index (χ3n) is 8.14. The highest BCUT2D eigenvalue weighted by Gasteiger charge is 2.32. The smallest absolute Gasteiger partial charge is 0.407 e. The van der Waals surface area contributed by atoms with Crippen molar-refractivity contribution in [2.24, 2.45) is 0 Å². The fraction of sp³-hybridized carbons (Fsp3) is 0.529. The van der Waals surface area contributed by atoms with Crippen molar-refractivity contribution in [3.05, 3.63) is 59.7 Å². The number of carbonyl (C=O) groups is 4. The van der Waals surface area contributed by atoms with E-state index in [1.54, 1.807) is 11.9 Å². The van der Waals surface area contributed by atoms with E-state index in [1.807, 2.05) is 45.0 Å². The lowest BCUT2D eigenvalue weighted by molar-refractivity contribution is -0.134. The van der Waals surface area contributed by atoms with Crippen LogP contribution in [0, 0.1) is 0 Å². The van der Waals surface area contributed by atoms with E-state index in [9.17, 15) is 19.2 Å². The Labute approximate surface area is 265 Å². The number of alkyl carbamates (subject to hydrolysis) is 2. The van der Waals surface area contributed by atoms with E-state index in [-0.39, 0.29) is 30.5 Å². The minimum Gasteiger partial charge on any atom is -0.449 e. The third kappa shape index (κ3) is 9.60. The number of fused-ring (bicyclic) bond motifs is 3. The molecule has 2 aliphatic rings. The maximum absolute atomic E-state index is 13.6. The van der Waals surface area contributed by atoms with Gasteiger partial charge in [0.1, 0.15) is 18.2 Å². The van der Waals surface area contributed by atoms with Crippen molar-refractivity contribution in [2.45, 2.75) is 82.9 Å². The number of nitrogens with zero attached hydrogens (tertiary/aromatic N) is 1. The minimum absolute atomic E-state index is 0.0139. The summed E-state index contributed by atoms with van der Waals surface area (Å²) in [7, 11) is 1.57. The second kappa shape index (κ2) is 15.6. The van der Waals surface area contributed by atoms with Gasteiger partial charge in [-0.3, -0.25) is 4.79 Å². The van der Waals surface area contributed by atoms with Crippen LogP contribution >= 0.6 is 0 Å². The molecule has 0 saturated carbocycles. The van der Waals surface area contributed by atoms with Gasteiger partial charge in [-0.05, 0) is 68.7 Å². The third-order valence-corrected chi connectivity index (χ3v) is 8.14. The summed E-state index contributed by atoms with van der Waals surface area (Å²) < 4.78 is 11.0. The van der Waals surface area contributed by atoms with Crippen molar-refractivity contribution in [1.82, 2.24) is 26.2 Å². The fourth-order valence-corrected chi connectivity index (χ4v) is 5.92. The summed E-state index contributed by atoms with van der Waals surface area (Å²) in [6.07, 6.45) is 2.75. The molecular formula is C34H47N5O6. The van der Waals surface area contributed by atoms with Gasteiger partial charge in [0.2, 0.25) is 5.91 Å². The van der Waals surface area contributed by atoms with Crippen molar-refractivity contribution in [3.63, 3.8) is 0 Å². The largest absolute Gasteiger partial charge is 0.449 e. The van der Waals surface area contributed by atoms with Crippen LogP contribution in [0.25, 0.3) is 11.1 Å². The number of likely N-dealkylation sites (tertiary alicyclic amines) is 1. The summed E-state index contributed by atoms with van der Waals surface area (Å²) >= 11 is 0. The van der Waals surface area contributed by atoms with Gasteiger partial charge in [0.25, 0.3) is 0 Å². The Hall–Kier alpha value is -4.28. The van der Waals surface area contributed by atoms with Gasteiger partial charge in [0.05, 0.1) is 0 Å². The molecule has 0 bridgehead atoms. The molecule has 1 heterocycles. The molecular weight excluding hydrogens is 574 g/mol. The Morgan fingerprint density at radius 3 is 2.11 bits per heavy atom. The molecule has 2 aromatic rings. The topological polar surface area (TPSA) is 138 Å². The van der Waals surface area contributed by atoms with Gasteiger partial charge in [-0.25, -0.2) is 14.4 Å². The molecule has 0 unspecified atom stereocenters. The number of unbranched alkanes of at least 4 members (excludes halogenated alkanes) is 2. The molecule has 0 aromatic heterocycles. The molecule has 244 valence electrons. The van der Waals surface area contributed by atoms with Crippen LogP contribution in [0.1, 0.15) is 76.3 Å². The van der Waals surface area contributed by atoms with Crippen molar-refractivity contribution < 1.29 is 28.7 Å². The number of hydrogen-bond donors (Lipinski definition) is 4. The predicted molar refractivity (Wildman–Crippen MR) is 172 cm³/mol. The quantitative estimate of drug-likeness (QED) is 0.264. The molecule has 2 aromatic carbocycles. The van der Waals surface area contributed by atoms with Crippen LogP contribution in [-0.4, -0.2) is 80.0 Å². The predicted octanol–water partition coefficient (Wildman–Crippen LogP) is 4.90. The van der Waals surface area contributed by atoms with Crippen LogP contribution in [0.2, 0.25) is 0 Å². The van der Waals surface area contributed by atoms with Crippen LogP contribution in [0.4, 0.5) is 14.4 Å². The summed E-state index contributed by atoms with van der Waals surface area (Å²) in [5.74, 6) is -0.240. The van der Waals surface area contributed by atoms with Crippen LogP contribution in [0.5, 0.6) is 0 Å². The van der Waals surface area contributed by atoms with Crippen LogP contribution in [0.15, 0.2) is 48.5 Å². The number of amides is 5. The fourth-order valence-electron chi connectivity index (χ4n) is 5.92. The summed E-state index contributed by atoms with van der Waals surface area (Å²) in [6.45, 7) is 7.02. The molecule has 5 amide bonds. The minimum atomic E-state index is -0.747. The number of piperidine rings is 1. The summed E-state index contributed by atoms with van der Waals surface area (Å²) in [6, 6.07) is 15.3. The van der Waals surface area contributed by atoms with E-state index in [2.05, 4.69) is 45.5 Å². The average Bonchev–Trinajstić information content (AvgIpc) is 3.33. The van der Waals surface area contributed by atoms with Crippen LogP contribution < -0.4 is 21.3 Å². The summed E-state index contributed by atoms with van der Waals surface area (Å²) in [5.41, 5.74) is 3.96. The number of benzene rings is 2. The first-order valence-corrected chi connectivity index (χ1v) is 15.9. The molecule has 11 nitrogen and oxygen atoms in total. The zero-order chi connectivity index (χ0) is 32.4. The number of carbonyl (C=O) groups excluding carboxylic acids is 4. The number of rotatable bonds is 11. The molecule has 11 heteroatoms. The molecule has 1 aliphatic carbocycles. The first-order chi connectivity index (χ1) is 21.6. The first-order valence-electron chi connectivity index (χ1n) is 15.9. The van der Waals surface area contributed by atoms with Gasteiger partial charge in [-0.2, -0.15) is 0 Å². The second-order valence-corrected chi connectivity index (χ2v) is 12.6. The highest BCUT2D eigenvalue weighted by molar-refractivity contribution is 5.86. The van der Waals surface area contributed by atoms with Crippen molar-refractivity contribution in [3.8, 4) is 11.1 Å². The molecule has 45 heavy (non-hydrogen) atoms. The van der Waals surface area contributed by atoms with E-state index in [4.69, 9.17) is 9.47 Å². The normalized spacial score (nSPS) is 15.3. The standard InChI is InChI=1S/C34H47N5O6/c1-34(2,3)45-32(42)36-19-11-5-6-16-29(30(40)39-20-17-23(18-21-39)37-31(41)35-4)38-33(43)44-22-28-26-14-9-7-12-24(26)25-13-8-10-15-27(25)28/h7-10,12-15,23,28-29H,5-6,11,16-22H2,1-4H3,(H,36,42)(H,38,43)(H2,35,37,41)/t29-/m1/s1. The van der Waals surface area contributed by atoms with Crippen LogP contribution in [0.3, 0.4) is 0 Å².